The van der Waals surface area contributed by atoms with E-state index in [1.165, 1.54) is 0 Å². The molecule has 0 unspecified atom stereocenters. The van der Waals surface area contributed by atoms with Crippen LogP contribution in [-0.2, 0) is 14.3 Å². The van der Waals surface area contributed by atoms with Crippen molar-refractivity contribution in [3.05, 3.63) is 0 Å². The lowest BCUT2D eigenvalue weighted by atomic mass is 10.2. The molecular formula is C9H18N2O3. The van der Waals surface area contributed by atoms with E-state index in [2.05, 4.69) is 0 Å². The van der Waals surface area contributed by atoms with Crippen LogP contribution in [0.4, 0.5) is 0 Å². The van der Waals surface area contributed by atoms with Crippen molar-refractivity contribution in [1.82, 2.24) is 4.90 Å². The van der Waals surface area contributed by atoms with Gasteiger partial charge in [-0.1, -0.05) is 0 Å². The molecule has 1 rings (SSSR count). The Hall–Kier alpha value is -0.650. The van der Waals surface area contributed by atoms with Gasteiger partial charge in [0.05, 0.1) is 6.54 Å². The molecule has 1 saturated heterocycles. The molecule has 1 aliphatic heterocycles. The lowest BCUT2D eigenvalue weighted by Gasteiger charge is -2.15. The molecular weight excluding hydrogens is 184 g/mol. The van der Waals surface area contributed by atoms with Crippen LogP contribution in [0.15, 0.2) is 0 Å². The van der Waals surface area contributed by atoms with Crippen LogP contribution in [-0.4, -0.2) is 56.4 Å². The van der Waals surface area contributed by atoms with E-state index < -0.39 is 0 Å². The van der Waals surface area contributed by atoms with Gasteiger partial charge in [0, 0.05) is 26.8 Å². The number of methoxy groups -OCH3 is 1. The standard InChI is InChI=1S/C9H18N2O3/c1-3-14-8-6-11(9(12)4-10)5-7(8)13-2/h7-8H,3-6,10H2,1-2H3/t7-,8+/m1/s1. The minimum atomic E-state index is -0.0470. The van der Waals surface area contributed by atoms with E-state index in [1.807, 2.05) is 6.92 Å². The molecule has 2 atom stereocenters. The average molecular weight is 202 g/mol. The van der Waals surface area contributed by atoms with E-state index in [4.69, 9.17) is 15.2 Å². The first-order valence-electron chi connectivity index (χ1n) is 4.85. The van der Waals surface area contributed by atoms with Crippen LogP contribution in [0.3, 0.4) is 0 Å². The van der Waals surface area contributed by atoms with Crippen molar-refractivity contribution >= 4 is 5.91 Å². The smallest absolute Gasteiger partial charge is 0.236 e. The van der Waals surface area contributed by atoms with Gasteiger partial charge in [0.25, 0.3) is 0 Å². The number of nitrogens with two attached hydrogens (primary N) is 1. The van der Waals surface area contributed by atoms with Gasteiger partial charge >= 0.3 is 0 Å². The second-order valence-electron chi connectivity index (χ2n) is 3.27. The summed E-state index contributed by atoms with van der Waals surface area (Å²) in [5, 5.41) is 0. The summed E-state index contributed by atoms with van der Waals surface area (Å²) in [5.74, 6) is -0.0470. The summed E-state index contributed by atoms with van der Waals surface area (Å²) in [6, 6.07) is 0. The van der Waals surface area contributed by atoms with Crippen LogP contribution >= 0.6 is 0 Å². The summed E-state index contributed by atoms with van der Waals surface area (Å²) in [5.41, 5.74) is 5.29. The quantitative estimate of drug-likeness (QED) is 0.648. The molecule has 0 radical (unpaired) electrons. The second-order valence-corrected chi connectivity index (χ2v) is 3.27. The summed E-state index contributed by atoms with van der Waals surface area (Å²) < 4.78 is 10.7. The number of carbonyl (C=O) groups excluding carboxylic acids is 1. The van der Waals surface area contributed by atoms with Crippen molar-refractivity contribution in [3.63, 3.8) is 0 Å². The van der Waals surface area contributed by atoms with Crippen LogP contribution in [0.5, 0.6) is 0 Å². The Kier molecular flexibility index (Phi) is 4.31. The molecule has 0 aromatic rings. The van der Waals surface area contributed by atoms with Crippen molar-refractivity contribution in [1.29, 1.82) is 0 Å². The van der Waals surface area contributed by atoms with E-state index >= 15 is 0 Å². The summed E-state index contributed by atoms with van der Waals surface area (Å²) in [6.07, 6.45) is -0.0362. The Balaban J connectivity index is 2.51. The van der Waals surface area contributed by atoms with Crippen LogP contribution in [0.25, 0.3) is 0 Å². The van der Waals surface area contributed by atoms with Gasteiger partial charge < -0.3 is 20.1 Å². The Morgan fingerprint density at radius 3 is 2.64 bits per heavy atom. The molecule has 0 aromatic heterocycles. The number of hydrogen-bond donors (Lipinski definition) is 1. The van der Waals surface area contributed by atoms with Gasteiger partial charge in [-0.2, -0.15) is 0 Å². The molecule has 5 nitrogen and oxygen atoms in total. The van der Waals surface area contributed by atoms with Crippen molar-refractivity contribution in [2.24, 2.45) is 5.73 Å². The average Bonchev–Trinajstić information content (AvgIpc) is 2.60. The van der Waals surface area contributed by atoms with Crippen LogP contribution in [0, 0.1) is 0 Å². The van der Waals surface area contributed by atoms with Crippen LogP contribution in [0.1, 0.15) is 6.92 Å². The van der Waals surface area contributed by atoms with Gasteiger partial charge in [0.15, 0.2) is 0 Å². The van der Waals surface area contributed by atoms with E-state index in [0.29, 0.717) is 19.7 Å². The molecule has 0 saturated carbocycles. The fourth-order valence-corrected chi connectivity index (χ4v) is 1.68. The lowest BCUT2D eigenvalue weighted by molar-refractivity contribution is -0.129. The van der Waals surface area contributed by atoms with Crippen molar-refractivity contribution in [2.45, 2.75) is 19.1 Å². The topological polar surface area (TPSA) is 64.8 Å². The number of rotatable bonds is 4. The van der Waals surface area contributed by atoms with Gasteiger partial charge in [-0.05, 0) is 6.92 Å². The minimum Gasteiger partial charge on any atom is -0.377 e. The number of ether oxygens (including phenoxy) is 2. The van der Waals surface area contributed by atoms with E-state index in [0.717, 1.165) is 0 Å². The predicted octanol–water partition coefficient (Wildman–Crippen LogP) is -0.793. The first kappa shape index (κ1) is 11.4. The van der Waals surface area contributed by atoms with Crippen LogP contribution in [0.2, 0.25) is 0 Å². The van der Waals surface area contributed by atoms with Gasteiger partial charge in [0.2, 0.25) is 5.91 Å². The number of likely N-dealkylation sites (tertiary alicyclic amines) is 1. The monoisotopic (exact) mass is 202 g/mol. The van der Waals surface area contributed by atoms with Gasteiger partial charge in [-0.25, -0.2) is 0 Å². The highest BCUT2D eigenvalue weighted by molar-refractivity contribution is 5.78. The number of nitrogens with zero attached hydrogens (tertiary/aromatic N) is 1. The largest absolute Gasteiger partial charge is 0.377 e. The van der Waals surface area contributed by atoms with Crippen LogP contribution < -0.4 is 5.73 Å². The Morgan fingerprint density at radius 1 is 1.50 bits per heavy atom. The molecule has 0 spiro atoms. The predicted molar refractivity (Wildman–Crippen MR) is 51.8 cm³/mol. The van der Waals surface area contributed by atoms with Gasteiger partial charge in [0.1, 0.15) is 12.2 Å². The SMILES string of the molecule is CCO[C@H]1CN(C(=O)CN)C[C@H]1OC. The maximum absolute atomic E-state index is 11.3. The Bertz CT molecular complexity index is 198. The molecule has 1 aliphatic rings. The van der Waals surface area contributed by atoms with E-state index in [-0.39, 0.29) is 24.7 Å². The fraction of sp³-hybridized carbons (Fsp3) is 0.889. The first-order valence-corrected chi connectivity index (χ1v) is 4.85. The van der Waals surface area contributed by atoms with E-state index in [1.54, 1.807) is 12.0 Å². The molecule has 1 amide bonds. The van der Waals surface area contributed by atoms with Gasteiger partial charge in [-0.15, -0.1) is 0 Å². The summed E-state index contributed by atoms with van der Waals surface area (Å²) >= 11 is 0. The third kappa shape index (κ3) is 2.43. The van der Waals surface area contributed by atoms with E-state index in [9.17, 15) is 4.79 Å². The number of hydrogen-bond acceptors (Lipinski definition) is 4. The molecule has 0 aliphatic carbocycles. The molecule has 0 bridgehead atoms. The summed E-state index contributed by atoms with van der Waals surface area (Å²) in [6.45, 7) is 3.78. The summed E-state index contributed by atoms with van der Waals surface area (Å²) in [7, 11) is 1.63. The number of carbonyl (C=O) groups is 1. The third-order valence-electron chi connectivity index (χ3n) is 2.43. The highest BCUT2D eigenvalue weighted by Gasteiger charge is 2.35. The molecule has 1 heterocycles. The highest BCUT2D eigenvalue weighted by atomic mass is 16.5. The molecule has 82 valence electrons. The van der Waals surface area contributed by atoms with Crippen molar-refractivity contribution < 1.29 is 14.3 Å². The normalized spacial score (nSPS) is 26.9. The lowest BCUT2D eigenvalue weighted by Crippen LogP contribution is -2.35. The Labute approximate surface area is 84.1 Å². The minimum absolute atomic E-state index is 0.0134. The molecule has 0 aromatic carbocycles. The molecule has 1 fully saturated rings. The van der Waals surface area contributed by atoms with Crippen molar-refractivity contribution in [3.8, 4) is 0 Å². The zero-order valence-corrected chi connectivity index (χ0v) is 8.73. The van der Waals surface area contributed by atoms with Gasteiger partial charge in [-0.3, -0.25) is 4.79 Å². The third-order valence-corrected chi connectivity index (χ3v) is 2.43. The maximum atomic E-state index is 11.3. The Morgan fingerprint density at radius 2 is 2.14 bits per heavy atom. The molecule has 14 heavy (non-hydrogen) atoms. The number of amides is 1. The summed E-state index contributed by atoms with van der Waals surface area (Å²) in [4.78, 5) is 13.0. The molecule has 2 N–H and O–H groups in total. The first-order chi connectivity index (χ1) is 6.72. The zero-order chi connectivity index (χ0) is 10.6. The fourth-order valence-electron chi connectivity index (χ4n) is 1.68. The maximum Gasteiger partial charge on any atom is 0.236 e. The van der Waals surface area contributed by atoms with Crippen molar-refractivity contribution in [2.75, 3.05) is 33.4 Å². The highest BCUT2D eigenvalue weighted by Crippen LogP contribution is 2.15. The zero-order valence-electron chi connectivity index (χ0n) is 8.73. The second kappa shape index (κ2) is 5.29. The molecule has 5 heteroatoms.